The number of nitrogens with one attached hydrogen (secondary N) is 2. The molecular weight excluding hydrogens is 384 g/mol. The zero-order valence-corrected chi connectivity index (χ0v) is 14.5. The first kappa shape index (κ1) is 20.0. The molecule has 0 aliphatic heterocycles. The van der Waals surface area contributed by atoms with Crippen LogP contribution < -0.4 is 10.6 Å². The molecule has 2 aromatic rings. The largest absolute Gasteiger partial charge is 0.324 e. The highest BCUT2D eigenvalue weighted by Gasteiger charge is 2.13. The van der Waals surface area contributed by atoms with E-state index >= 15 is 0 Å². The number of carbonyl (C=O) groups is 2. The molecular formula is C17H12ClF2N3O4. The molecule has 0 saturated carbocycles. The molecule has 0 heterocycles. The Bertz CT molecular complexity index is 963. The fourth-order valence-corrected chi connectivity index (χ4v) is 2.24. The second-order valence-electron chi connectivity index (χ2n) is 5.28. The summed E-state index contributed by atoms with van der Waals surface area (Å²) >= 11 is 5.69. The zero-order chi connectivity index (χ0) is 20.1. The van der Waals surface area contributed by atoms with Crippen molar-refractivity contribution in [1.82, 2.24) is 0 Å². The number of anilines is 2. The number of nitro benzene ring substituents is 1. The maximum Gasteiger partial charge on any atom is 0.288 e. The van der Waals surface area contributed by atoms with Gasteiger partial charge in [0, 0.05) is 25.1 Å². The maximum absolute atomic E-state index is 13.8. The van der Waals surface area contributed by atoms with E-state index in [0.717, 1.165) is 19.1 Å². The van der Waals surface area contributed by atoms with Gasteiger partial charge < -0.3 is 10.6 Å². The van der Waals surface area contributed by atoms with Crippen molar-refractivity contribution in [3.8, 4) is 0 Å². The molecule has 2 amide bonds. The van der Waals surface area contributed by atoms with Gasteiger partial charge in [-0.2, -0.15) is 0 Å². The Morgan fingerprint density at radius 2 is 1.74 bits per heavy atom. The molecule has 140 valence electrons. The van der Waals surface area contributed by atoms with Gasteiger partial charge in [0.1, 0.15) is 16.7 Å². The fraction of sp³-hybridized carbons (Fsp3) is 0.0588. The molecule has 0 bridgehead atoms. The van der Waals surface area contributed by atoms with E-state index in [1.807, 2.05) is 0 Å². The van der Waals surface area contributed by atoms with Gasteiger partial charge in [0.2, 0.25) is 11.8 Å². The Morgan fingerprint density at radius 3 is 2.33 bits per heavy atom. The van der Waals surface area contributed by atoms with Gasteiger partial charge in [0.15, 0.2) is 0 Å². The van der Waals surface area contributed by atoms with Crippen LogP contribution in [0.25, 0.3) is 6.08 Å². The van der Waals surface area contributed by atoms with E-state index in [0.29, 0.717) is 11.6 Å². The first-order valence-electron chi connectivity index (χ1n) is 7.37. The van der Waals surface area contributed by atoms with Gasteiger partial charge in [-0.05, 0) is 23.8 Å². The normalized spacial score (nSPS) is 10.7. The van der Waals surface area contributed by atoms with Gasteiger partial charge in [0.05, 0.1) is 16.3 Å². The summed E-state index contributed by atoms with van der Waals surface area (Å²) in [6.45, 7) is 1.15. The van der Waals surface area contributed by atoms with Crippen molar-refractivity contribution < 1.29 is 23.3 Å². The molecule has 2 N–H and O–H groups in total. The first-order valence-corrected chi connectivity index (χ1v) is 7.75. The molecule has 0 unspecified atom stereocenters. The maximum atomic E-state index is 13.8. The number of halogens is 3. The highest BCUT2D eigenvalue weighted by atomic mass is 35.5. The fourth-order valence-electron chi connectivity index (χ4n) is 2.05. The smallest absolute Gasteiger partial charge is 0.288 e. The highest BCUT2D eigenvalue weighted by molar-refractivity contribution is 6.32. The van der Waals surface area contributed by atoms with Gasteiger partial charge >= 0.3 is 0 Å². The average molecular weight is 396 g/mol. The van der Waals surface area contributed by atoms with Crippen molar-refractivity contribution in [1.29, 1.82) is 0 Å². The molecule has 0 aromatic heterocycles. The molecule has 0 atom stereocenters. The van der Waals surface area contributed by atoms with Crippen molar-refractivity contribution in [3.05, 3.63) is 68.7 Å². The number of benzene rings is 2. The minimum atomic E-state index is -1.04. The lowest BCUT2D eigenvalue weighted by molar-refractivity contribution is -0.384. The number of rotatable bonds is 5. The van der Waals surface area contributed by atoms with Crippen LogP contribution in [0.1, 0.15) is 12.5 Å². The minimum Gasteiger partial charge on any atom is -0.324 e. The van der Waals surface area contributed by atoms with Crippen LogP contribution in [0.5, 0.6) is 0 Å². The van der Waals surface area contributed by atoms with Crippen LogP contribution in [-0.4, -0.2) is 16.7 Å². The van der Waals surface area contributed by atoms with Crippen molar-refractivity contribution in [3.63, 3.8) is 0 Å². The van der Waals surface area contributed by atoms with Crippen LogP contribution in [0.3, 0.4) is 0 Å². The summed E-state index contributed by atoms with van der Waals surface area (Å²) in [4.78, 5) is 33.1. The van der Waals surface area contributed by atoms with Gasteiger partial charge in [-0.3, -0.25) is 19.7 Å². The van der Waals surface area contributed by atoms with Gasteiger partial charge in [0.25, 0.3) is 5.69 Å². The van der Waals surface area contributed by atoms with E-state index in [1.165, 1.54) is 24.3 Å². The van der Waals surface area contributed by atoms with Crippen molar-refractivity contribution in [2.24, 2.45) is 0 Å². The van der Waals surface area contributed by atoms with E-state index in [4.69, 9.17) is 11.6 Å². The molecule has 2 rings (SSSR count). The number of nitro groups is 1. The standard InChI is InChI=1S/C17H12ClF2N3O4/c1-9(24)21-14-8-15(13(20)7-12(14)19)22-17(25)5-3-10-2-4-11(18)16(6-10)23(26)27/h2-8H,1H3,(H,21,24)(H,22,25)/b5-3+. The monoisotopic (exact) mass is 395 g/mol. The van der Waals surface area contributed by atoms with E-state index in [-0.39, 0.29) is 22.1 Å². The van der Waals surface area contributed by atoms with Gasteiger partial charge in [-0.1, -0.05) is 17.7 Å². The summed E-state index contributed by atoms with van der Waals surface area (Å²) in [7, 11) is 0. The first-order chi connectivity index (χ1) is 12.7. The number of hydrogen-bond donors (Lipinski definition) is 2. The second kappa shape index (κ2) is 8.37. The Labute approximate surface area is 156 Å². The van der Waals surface area contributed by atoms with Crippen LogP contribution in [0.2, 0.25) is 5.02 Å². The summed E-state index contributed by atoms with van der Waals surface area (Å²) in [6, 6.07) is 5.38. The molecule has 0 aliphatic carbocycles. The molecule has 10 heteroatoms. The third-order valence-corrected chi connectivity index (χ3v) is 3.54. The van der Waals surface area contributed by atoms with Crippen LogP contribution in [0.15, 0.2) is 36.4 Å². The third kappa shape index (κ3) is 5.32. The zero-order valence-electron chi connectivity index (χ0n) is 13.8. The predicted molar refractivity (Wildman–Crippen MR) is 96.4 cm³/mol. The van der Waals surface area contributed by atoms with E-state index < -0.39 is 28.4 Å². The molecule has 2 aromatic carbocycles. The Morgan fingerprint density at radius 1 is 1.11 bits per heavy atom. The van der Waals surface area contributed by atoms with Crippen molar-refractivity contribution in [2.45, 2.75) is 6.92 Å². The Hall–Kier alpha value is -3.33. The third-order valence-electron chi connectivity index (χ3n) is 3.22. The van der Waals surface area contributed by atoms with Crippen LogP contribution in [0.4, 0.5) is 25.8 Å². The SMILES string of the molecule is CC(=O)Nc1cc(NC(=O)/C=C/c2ccc(Cl)c([N+](=O)[O-])c2)c(F)cc1F. The van der Waals surface area contributed by atoms with Crippen molar-refractivity contribution >= 4 is 46.6 Å². The second-order valence-corrected chi connectivity index (χ2v) is 5.69. The molecule has 0 spiro atoms. The molecule has 0 aliphatic rings. The van der Waals surface area contributed by atoms with Crippen LogP contribution >= 0.6 is 11.6 Å². The van der Waals surface area contributed by atoms with Gasteiger partial charge in [-0.25, -0.2) is 8.78 Å². The molecule has 27 heavy (non-hydrogen) atoms. The minimum absolute atomic E-state index is 0.0551. The predicted octanol–water partition coefficient (Wildman–Crippen LogP) is 4.14. The van der Waals surface area contributed by atoms with E-state index in [9.17, 15) is 28.5 Å². The summed E-state index contributed by atoms with van der Waals surface area (Å²) in [5.74, 6) is -3.37. The quantitative estimate of drug-likeness (QED) is 0.451. The lowest BCUT2D eigenvalue weighted by atomic mass is 10.2. The molecule has 0 saturated heterocycles. The number of nitrogens with zero attached hydrogens (tertiary/aromatic N) is 1. The summed E-state index contributed by atoms with van der Waals surface area (Å²) in [5, 5.41) is 15.1. The highest BCUT2D eigenvalue weighted by Crippen LogP contribution is 2.26. The molecule has 0 fully saturated rings. The van der Waals surface area contributed by atoms with Crippen LogP contribution in [-0.2, 0) is 9.59 Å². The Balaban J connectivity index is 2.18. The van der Waals surface area contributed by atoms with Gasteiger partial charge in [-0.15, -0.1) is 0 Å². The van der Waals surface area contributed by atoms with E-state index in [1.54, 1.807) is 0 Å². The van der Waals surface area contributed by atoms with E-state index in [2.05, 4.69) is 10.6 Å². The molecule has 0 radical (unpaired) electrons. The summed E-state index contributed by atoms with van der Waals surface area (Å²) in [5.41, 5.74) is -0.656. The van der Waals surface area contributed by atoms with Crippen molar-refractivity contribution in [2.75, 3.05) is 10.6 Å². The molecule has 7 nitrogen and oxygen atoms in total. The lowest BCUT2D eigenvalue weighted by Gasteiger charge is -2.09. The number of amides is 2. The topological polar surface area (TPSA) is 101 Å². The number of carbonyl (C=O) groups excluding carboxylic acids is 2. The average Bonchev–Trinajstić information content (AvgIpc) is 2.57. The summed E-state index contributed by atoms with van der Waals surface area (Å²) < 4.78 is 27.4. The lowest BCUT2D eigenvalue weighted by Crippen LogP contribution is -2.12. The Kier molecular flexibility index (Phi) is 6.19. The number of hydrogen-bond acceptors (Lipinski definition) is 4. The van der Waals surface area contributed by atoms with Crippen LogP contribution in [0, 0.1) is 21.7 Å². The summed E-state index contributed by atoms with van der Waals surface area (Å²) in [6.07, 6.45) is 2.27.